The normalized spacial score (nSPS) is 12.9. The van der Waals surface area contributed by atoms with Crippen molar-refractivity contribution in [3.63, 3.8) is 0 Å². The van der Waals surface area contributed by atoms with Gasteiger partial charge in [-0.15, -0.1) is 0 Å². The lowest BCUT2D eigenvalue weighted by atomic mass is 10.1. The molecule has 1 aliphatic rings. The molecule has 3 rings (SSSR count). The van der Waals surface area contributed by atoms with Gasteiger partial charge in [-0.25, -0.2) is 9.69 Å². The van der Waals surface area contributed by atoms with Crippen molar-refractivity contribution in [1.82, 2.24) is 0 Å². The number of imide groups is 1. The maximum Gasteiger partial charge on any atom is 0.338 e. The SMILES string of the molecule is CCCCCCCCCCOC(=O)c1ccc2c(c1)C(=O)N(c1ccccc1Cl)C2=O. The highest BCUT2D eigenvalue weighted by atomic mass is 35.5. The number of esters is 1. The van der Waals surface area contributed by atoms with Gasteiger partial charge in [0.05, 0.1) is 34.0 Å². The van der Waals surface area contributed by atoms with Gasteiger partial charge < -0.3 is 4.74 Å². The fourth-order valence-corrected chi connectivity index (χ4v) is 3.92. The smallest absolute Gasteiger partial charge is 0.338 e. The fourth-order valence-electron chi connectivity index (χ4n) is 3.70. The van der Waals surface area contributed by atoms with Gasteiger partial charge in [-0.3, -0.25) is 9.59 Å². The molecule has 0 aromatic heterocycles. The van der Waals surface area contributed by atoms with Gasteiger partial charge >= 0.3 is 5.97 Å². The molecule has 164 valence electrons. The standard InChI is InChI=1S/C25H28ClNO4/c1-2-3-4-5-6-7-8-11-16-31-25(30)18-14-15-19-20(17-18)24(29)27(23(19)28)22-13-10-9-12-21(22)26/h9-10,12-15,17H,2-8,11,16H2,1H3. The molecule has 0 radical (unpaired) electrons. The minimum absolute atomic E-state index is 0.187. The van der Waals surface area contributed by atoms with Crippen molar-refractivity contribution in [1.29, 1.82) is 0 Å². The number of fused-ring (bicyclic) bond motifs is 1. The largest absolute Gasteiger partial charge is 0.462 e. The van der Waals surface area contributed by atoms with Crippen molar-refractivity contribution in [2.75, 3.05) is 11.5 Å². The third-order valence-electron chi connectivity index (χ3n) is 5.45. The number of rotatable bonds is 11. The summed E-state index contributed by atoms with van der Waals surface area (Å²) in [6.45, 7) is 2.56. The first-order valence-electron chi connectivity index (χ1n) is 11.0. The van der Waals surface area contributed by atoms with E-state index in [9.17, 15) is 14.4 Å². The van der Waals surface area contributed by atoms with Gasteiger partial charge in [-0.1, -0.05) is 75.6 Å². The van der Waals surface area contributed by atoms with Crippen LogP contribution in [-0.2, 0) is 4.74 Å². The van der Waals surface area contributed by atoms with Gasteiger partial charge in [0.1, 0.15) is 0 Å². The van der Waals surface area contributed by atoms with Gasteiger partial charge in [-0.05, 0) is 36.8 Å². The fraction of sp³-hybridized carbons (Fsp3) is 0.400. The number of amides is 2. The molecule has 0 N–H and O–H groups in total. The van der Waals surface area contributed by atoms with Crippen LogP contribution < -0.4 is 4.90 Å². The minimum atomic E-state index is -0.495. The minimum Gasteiger partial charge on any atom is -0.462 e. The summed E-state index contributed by atoms with van der Waals surface area (Å²) in [5.41, 5.74) is 1.03. The Balaban J connectivity index is 1.54. The predicted octanol–water partition coefficient (Wildman–Crippen LogP) is 6.44. The molecule has 1 aliphatic heterocycles. The first kappa shape index (κ1) is 23.0. The maximum atomic E-state index is 12.9. The van der Waals surface area contributed by atoms with E-state index in [4.69, 9.17) is 16.3 Å². The van der Waals surface area contributed by atoms with Crippen molar-refractivity contribution >= 4 is 35.1 Å². The van der Waals surface area contributed by atoms with E-state index in [1.807, 2.05) is 0 Å². The number of benzene rings is 2. The molecule has 2 aromatic rings. The van der Waals surface area contributed by atoms with Crippen molar-refractivity contribution in [2.45, 2.75) is 58.3 Å². The number of carbonyl (C=O) groups excluding carboxylic acids is 3. The summed E-state index contributed by atoms with van der Waals surface area (Å²) in [7, 11) is 0. The van der Waals surface area contributed by atoms with Crippen LogP contribution in [0.1, 0.15) is 89.4 Å². The molecule has 5 nitrogen and oxygen atoms in total. The predicted molar refractivity (Wildman–Crippen MR) is 122 cm³/mol. The number of carbonyl (C=O) groups is 3. The van der Waals surface area contributed by atoms with Crippen LogP contribution in [0, 0.1) is 0 Å². The lowest BCUT2D eigenvalue weighted by Crippen LogP contribution is -2.29. The molecular formula is C25H28ClNO4. The van der Waals surface area contributed by atoms with Gasteiger partial charge in [0.25, 0.3) is 11.8 Å². The number of hydrogen-bond donors (Lipinski definition) is 0. The molecule has 0 saturated carbocycles. The number of ether oxygens (including phenoxy) is 1. The Morgan fingerprint density at radius 2 is 1.52 bits per heavy atom. The van der Waals surface area contributed by atoms with E-state index in [1.165, 1.54) is 50.3 Å². The molecule has 0 saturated heterocycles. The molecule has 0 unspecified atom stereocenters. The quantitative estimate of drug-likeness (QED) is 0.229. The average Bonchev–Trinajstić information content (AvgIpc) is 3.02. The number of hydrogen-bond acceptors (Lipinski definition) is 4. The van der Waals surface area contributed by atoms with Crippen LogP contribution in [0.4, 0.5) is 5.69 Å². The molecule has 0 aliphatic carbocycles. The van der Waals surface area contributed by atoms with Crippen LogP contribution in [-0.4, -0.2) is 24.4 Å². The van der Waals surface area contributed by atoms with Crippen LogP contribution in [0.3, 0.4) is 0 Å². The third-order valence-corrected chi connectivity index (χ3v) is 5.77. The summed E-state index contributed by atoms with van der Waals surface area (Å²) >= 11 is 6.16. The van der Waals surface area contributed by atoms with Crippen molar-refractivity contribution in [2.24, 2.45) is 0 Å². The van der Waals surface area contributed by atoms with E-state index < -0.39 is 17.8 Å². The summed E-state index contributed by atoms with van der Waals surface area (Å²) in [5.74, 6) is -1.43. The van der Waals surface area contributed by atoms with E-state index >= 15 is 0 Å². The average molecular weight is 442 g/mol. The monoisotopic (exact) mass is 441 g/mol. The first-order chi connectivity index (χ1) is 15.0. The summed E-state index contributed by atoms with van der Waals surface area (Å²) in [5, 5.41) is 0.307. The number of nitrogens with zero attached hydrogens (tertiary/aromatic N) is 1. The molecule has 2 amide bonds. The summed E-state index contributed by atoms with van der Waals surface area (Å²) in [6, 6.07) is 11.1. The molecule has 0 spiro atoms. The van der Waals surface area contributed by atoms with Crippen molar-refractivity contribution < 1.29 is 19.1 Å². The highest BCUT2D eigenvalue weighted by Gasteiger charge is 2.38. The zero-order chi connectivity index (χ0) is 22.2. The Bertz CT molecular complexity index is 956. The zero-order valence-electron chi connectivity index (χ0n) is 17.9. The van der Waals surface area contributed by atoms with E-state index in [0.29, 0.717) is 17.3 Å². The Morgan fingerprint density at radius 3 is 2.23 bits per heavy atom. The van der Waals surface area contributed by atoms with Gasteiger partial charge in [0.15, 0.2) is 0 Å². The first-order valence-corrected chi connectivity index (χ1v) is 11.4. The molecule has 0 fully saturated rings. The van der Waals surface area contributed by atoms with Crippen LogP contribution >= 0.6 is 11.6 Å². The second-order valence-electron chi connectivity index (χ2n) is 7.77. The highest BCUT2D eigenvalue weighted by Crippen LogP contribution is 2.33. The van der Waals surface area contributed by atoms with E-state index in [0.717, 1.165) is 24.2 Å². The lowest BCUT2D eigenvalue weighted by molar-refractivity contribution is 0.0497. The Kier molecular flexibility index (Phi) is 8.24. The topological polar surface area (TPSA) is 63.7 Å². The highest BCUT2D eigenvalue weighted by molar-refractivity contribution is 6.39. The number of halogens is 1. The van der Waals surface area contributed by atoms with E-state index in [1.54, 1.807) is 24.3 Å². The second-order valence-corrected chi connectivity index (χ2v) is 8.18. The summed E-state index contributed by atoms with van der Waals surface area (Å²) in [4.78, 5) is 39.0. The molecule has 31 heavy (non-hydrogen) atoms. The van der Waals surface area contributed by atoms with E-state index in [-0.39, 0.29) is 16.7 Å². The number of unbranched alkanes of at least 4 members (excludes halogenated alkanes) is 7. The van der Waals surface area contributed by atoms with Crippen LogP contribution in [0.15, 0.2) is 42.5 Å². The number of anilines is 1. The molecule has 6 heteroatoms. The van der Waals surface area contributed by atoms with Crippen molar-refractivity contribution in [3.8, 4) is 0 Å². The Labute approximate surface area is 188 Å². The Hall–Kier alpha value is -2.66. The Morgan fingerprint density at radius 1 is 0.871 bits per heavy atom. The molecule has 1 heterocycles. The van der Waals surface area contributed by atoms with Crippen LogP contribution in [0.2, 0.25) is 5.02 Å². The maximum absolute atomic E-state index is 12.9. The summed E-state index contributed by atoms with van der Waals surface area (Å²) in [6.07, 6.45) is 9.32. The second kappa shape index (κ2) is 11.1. The summed E-state index contributed by atoms with van der Waals surface area (Å²) < 4.78 is 5.36. The third kappa shape index (κ3) is 5.53. The molecular weight excluding hydrogens is 414 g/mol. The van der Waals surface area contributed by atoms with Crippen LogP contribution in [0.5, 0.6) is 0 Å². The van der Waals surface area contributed by atoms with Crippen LogP contribution in [0.25, 0.3) is 0 Å². The van der Waals surface area contributed by atoms with Gasteiger partial charge in [0.2, 0.25) is 0 Å². The molecule has 2 aromatic carbocycles. The van der Waals surface area contributed by atoms with E-state index in [2.05, 4.69) is 6.92 Å². The molecule has 0 atom stereocenters. The lowest BCUT2D eigenvalue weighted by Gasteiger charge is -2.15. The molecule has 0 bridgehead atoms. The zero-order valence-corrected chi connectivity index (χ0v) is 18.6. The van der Waals surface area contributed by atoms with Gasteiger partial charge in [0, 0.05) is 0 Å². The van der Waals surface area contributed by atoms with Crippen molar-refractivity contribution in [3.05, 3.63) is 64.2 Å². The number of para-hydroxylation sites is 1. The van der Waals surface area contributed by atoms with Gasteiger partial charge in [-0.2, -0.15) is 0 Å².